The highest BCUT2D eigenvalue weighted by atomic mass is 79.9. The Balaban J connectivity index is 2.72. The van der Waals surface area contributed by atoms with Crippen LogP contribution >= 0.6 is 39.3 Å². The van der Waals surface area contributed by atoms with E-state index in [2.05, 4.69) is 15.9 Å². The molecule has 0 spiro atoms. The molecule has 4 heteroatoms. The van der Waals surface area contributed by atoms with E-state index in [1.54, 1.807) is 11.8 Å². The highest BCUT2D eigenvalue weighted by Gasteiger charge is 2.00. The summed E-state index contributed by atoms with van der Waals surface area (Å²) in [5, 5.41) is 0.707. The SMILES string of the molecule is CSCOc1ccc(Cl)cc1Br. The Hall–Kier alpha value is 0.140. The zero-order valence-corrected chi connectivity index (χ0v) is 9.67. The maximum atomic E-state index is 5.76. The fourth-order valence-corrected chi connectivity index (χ4v) is 1.76. The monoisotopic (exact) mass is 266 g/mol. The summed E-state index contributed by atoms with van der Waals surface area (Å²) in [7, 11) is 0. The third kappa shape index (κ3) is 2.88. The van der Waals surface area contributed by atoms with E-state index in [1.807, 2.05) is 24.5 Å². The van der Waals surface area contributed by atoms with Gasteiger partial charge in [0, 0.05) is 5.02 Å². The number of thioether (sulfide) groups is 1. The molecule has 0 N–H and O–H groups in total. The van der Waals surface area contributed by atoms with Crippen LogP contribution in [0.3, 0.4) is 0 Å². The van der Waals surface area contributed by atoms with Gasteiger partial charge in [-0.3, -0.25) is 0 Å². The number of rotatable bonds is 3. The lowest BCUT2D eigenvalue weighted by atomic mass is 10.3. The zero-order valence-electron chi connectivity index (χ0n) is 6.51. The third-order valence-corrected chi connectivity index (χ3v) is 2.43. The van der Waals surface area contributed by atoms with Gasteiger partial charge in [0.25, 0.3) is 0 Å². The smallest absolute Gasteiger partial charge is 0.134 e. The number of benzene rings is 1. The summed E-state index contributed by atoms with van der Waals surface area (Å²) in [4.78, 5) is 0. The van der Waals surface area contributed by atoms with E-state index in [0.29, 0.717) is 11.0 Å². The van der Waals surface area contributed by atoms with Crippen molar-refractivity contribution in [2.45, 2.75) is 0 Å². The van der Waals surface area contributed by atoms with E-state index in [-0.39, 0.29) is 0 Å². The average molecular weight is 268 g/mol. The van der Waals surface area contributed by atoms with E-state index in [0.717, 1.165) is 10.2 Å². The normalized spacial score (nSPS) is 9.92. The largest absolute Gasteiger partial charge is 0.482 e. The number of halogens is 2. The molecule has 0 aromatic heterocycles. The summed E-state index contributed by atoms with van der Waals surface area (Å²) in [6.07, 6.45) is 1.99. The zero-order chi connectivity index (χ0) is 8.97. The van der Waals surface area contributed by atoms with E-state index >= 15 is 0 Å². The van der Waals surface area contributed by atoms with Crippen molar-refractivity contribution in [3.05, 3.63) is 27.7 Å². The van der Waals surface area contributed by atoms with Crippen molar-refractivity contribution in [2.75, 3.05) is 12.2 Å². The van der Waals surface area contributed by atoms with Gasteiger partial charge in [-0.05, 0) is 40.4 Å². The Bertz CT molecular complexity index is 267. The van der Waals surface area contributed by atoms with Crippen LogP contribution in [0.4, 0.5) is 0 Å². The van der Waals surface area contributed by atoms with Gasteiger partial charge >= 0.3 is 0 Å². The first-order valence-corrected chi connectivity index (χ1v) is 5.87. The fraction of sp³-hybridized carbons (Fsp3) is 0.250. The summed E-state index contributed by atoms with van der Waals surface area (Å²) in [5.41, 5.74) is 0. The molecule has 0 amide bonds. The van der Waals surface area contributed by atoms with Crippen molar-refractivity contribution >= 4 is 39.3 Å². The first kappa shape index (κ1) is 10.2. The van der Waals surface area contributed by atoms with Crippen molar-refractivity contribution in [1.29, 1.82) is 0 Å². The van der Waals surface area contributed by atoms with Crippen molar-refractivity contribution in [2.24, 2.45) is 0 Å². The molecule has 66 valence electrons. The maximum Gasteiger partial charge on any atom is 0.134 e. The molecule has 1 aromatic rings. The molecule has 0 aliphatic carbocycles. The minimum absolute atomic E-state index is 0.653. The Morgan fingerprint density at radius 3 is 2.92 bits per heavy atom. The molecule has 1 aromatic carbocycles. The van der Waals surface area contributed by atoms with E-state index < -0.39 is 0 Å². The first-order valence-electron chi connectivity index (χ1n) is 3.31. The quantitative estimate of drug-likeness (QED) is 0.770. The van der Waals surface area contributed by atoms with Crippen LogP contribution in [-0.4, -0.2) is 12.2 Å². The van der Waals surface area contributed by atoms with Gasteiger partial charge in [0.2, 0.25) is 0 Å². The van der Waals surface area contributed by atoms with Gasteiger partial charge in [0.15, 0.2) is 0 Å². The van der Waals surface area contributed by atoms with Crippen molar-refractivity contribution in [1.82, 2.24) is 0 Å². The molecule has 0 heterocycles. The highest BCUT2D eigenvalue weighted by Crippen LogP contribution is 2.28. The lowest BCUT2D eigenvalue weighted by Gasteiger charge is -2.05. The fourth-order valence-electron chi connectivity index (χ4n) is 0.715. The summed E-state index contributed by atoms with van der Waals surface area (Å²) in [6.45, 7) is 0. The Morgan fingerprint density at radius 1 is 1.58 bits per heavy atom. The van der Waals surface area contributed by atoms with Gasteiger partial charge in [-0.2, -0.15) is 0 Å². The maximum absolute atomic E-state index is 5.76. The van der Waals surface area contributed by atoms with Crippen LogP contribution in [0.15, 0.2) is 22.7 Å². The molecule has 0 aliphatic rings. The predicted octanol–water partition coefficient (Wildman–Crippen LogP) is 3.80. The Labute approximate surface area is 89.6 Å². The van der Waals surface area contributed by atoms with Crippen LogP contribution in [0.2, 0.25) is 5.02 Å². The second-order valence-electron chi connectivity index (χ2n) is 2.13. The van der Waals surface area contributed by atoms with Crippen LogP contribution in [0, 0.1) is 0 Å². The highest BCUT2D eigenvalue weighted by molar-refractivity contribution is 9.10. The topological polar surface area (TPSA) is 9.23 Å². The molecule has 0 bridgehead atoms. The lowest BCUT2D eigenvalue weighted by molar-refractivity contribution is 0.391. The summed E-state index contributed by atoms with van der Waals surface area (Å²) in [5.74, 6) is 1.48. The standard InChI is InChI=1S/C8H8BrClOS/c1-12-5-11-8-3-2-6(10)4-7(8)9/h2-4H,5H2,1H3. The predicted molar refractivity (Wildman–Crippen MR) is 58.2 cm³/mol. The van der Waals surface area contributed by atoms with Gasteiger partial charge < -0.3 is 4.74 Å². The van der Waals surface area contributed by atoms with Crippen LogP contribution < -0.4 is 4.74 Å². The lowest BCUT2D eigenvalue weighted by Crippen LogP contribution is -1.91. The van der Waals surface area contributed by atoms with Crippen molar-refractivity contribution in [3.8, 4) is 5.75 Å². The van der Waals surface area contributed by atoms with Gasteiger partial charge in [-0.15, -0.1) is 11.8 Å². The Morgan fingerprint density at radius 2 is 2.33 bits per heavy atom. The summed E-state index contributed by atoms with van der Waals surface area (Å²) < 4.78 is 6.29. The van der Waals surface area contributed by atoms with Crippen molar-refractivity contribution in [3.63, 3.8) is 0 Å². The third-order valence-electron chi connectivity index (χ3n) is 1.23. The molecule has 12 heavy (non-hydrogen) atoms. The molecule has 0 saturated heterocycles. The van der Waals surface area contributed by atoms with E-state index in [4.69, 9.17) is 16.3 Å². The van der Waals surface area contributed by atoms with Crippen LogP contribution in [0.5, 0.6) is 5.75 Å². The Kier molecular flexibility index (Phi) is 4.26. The number of ether oxygens (including phenoxy) is 1. The van der Waals surface area contributed by atoms with Crippen LogP contribution in [0.25, 0.3) is 0 Å². The van der Waals surface area contributed by atoms with Crippen molar-refractivity contribution < 1.29 is 4.74 Å². The number of hydrogen-bond acceptors (Lipinski definition) is 2. The summed E-state index contributed by atoms with van der Waals surface area (Å²) >= 11 is 10.8. The molecule has 0 unspecified atom stereocenters. The van der Waals surface area contributed by atoms with Crippen LogP contribution in [-0.2, 0) is 0 Å². The van der Waals surface area contributed by atoms with E-state index in [9.17, 15) is 0 Å². The first-order chi connectivity index (χ1) is 5.74. The van der Waals surface area contributed by atoms with Gasteiger partial charge in [-0.25, -0.2) is 0 Å². The summed E-state index contributed by atoms with van der Waals surface area (Å²) in [6, 6.07) is 5.47. The minimum Gasteiger partial charge on any atom is -0.482 e. The second-order valence-corrected chi connectivity index (χ2v) is 4.23. The van der Waals surface area contributed by atoms with Gasteiger partial charge in [-0.1, -0.05) is 11.6 Å². The minimum atomic E-state index is 0.653. The molecule has 0 aliphatic heterocycles. The molecule has 0 saturated carbocycles. The number of hydrogen-bond donors (Lipinski definition) is 0. The molecular weight excluding hydrogens is 260 g/mol. The van der Waals surface area contributed by atoms with E-state index in [1.165, 1.54) is 0 Å². The van der Waals surface area contributed by atoms with Gasteiger partial charge in [0.1, 0.15) is 11.7 Å². The average Bonchev–Trinajstić information content (AvgIpc) is 2.03. The molecule has 1 rings (SSSR count). The molecule has 0 atom stereocenters. The second kappa shape index (κ2) is 5.00. The molecule has 0 radical (unpaired) electrons. The van der Waals surface area contributed by atoms with Crippen LogP contribution in [0.1, 0.15) is 0 Å². The van der Waals surface area contributed by atoms with Gasteiger partial charge in [0.05, 0.1) is 4.47 Å². The molecule has 0 fully saturated rings. The molecule has 1 nitrogen and oxygen atoms in total. The molecular formula is C8H8BrClOS.